The van der Waals surface area contributed by atoms with Gasteiger partial charge >= 0.3 is 0 Å². The largest absolute Gasteiger partial charge is 0.398 e. The zero-order chi connectivity index (χ0) is 10.7. The van der Waals surface area contributed by atoms with E-state index < -0.39 is 6.43 Å². The number of pyridine rings is 1. The molecule has 0 saturated heterocycles. The van der Waals surface area contributed by atoms with Crippen molar-refractivity contribution in [2.75, 3.05) is 5.73 Å². The predicted octanol–water partition coefficient (Wildman–Crippen LogP) is 1.98. The fourth-order valence-corrected chi connectivity index (χ4v) is 1.09. The number of rotatable bonds is 2. The molecule has 0 spiro atoms. The van der Waals surface area contributed by atoms with Gasteiger partial charge in [0.15, 0.2) is 0 Å². The van der Waals surface area contributed by atoms with Gasteiger partial charge in [-0.1, -0.05) is 0 Å². The molecule has 14 heavy (non-hydrogen) atoms. The Bertz CT molecular complexity index is 382. The SMILES string of the molecule is Cc1c(N)cc(CC#N)nc1C(F)F. The molecule has 0 bridgehead atoms. The first-order chi connectivity index (χ1) is 6.56. The summed E-state index contributed by atoms with van der Waals surface area (Å²) < 4.78 is 24.9. The molecule has 0 aliphatic carbocycles. The van der Waals surface area contributed by atoms with Crippen LogP contribution in [0.5, 0.6) is 0 Å². The summed E-state index contributed by atoms with van der Waals surface area (Å²) in [6, 6.07) is 3.28. The molecule has 0 aromatic carbocycles. The van der Waals surface area contributed by atoms with Gasteiger partial charge in [-0.05, 0) is 18.6 Å². The Balaban J connectivity index is 3.22. The van der Waals surface area contributed by atoms with E-state index in [1.807, 2.05) is 6.07 Å². The van der Waals surface area contributed by atoms with Crippen LogP contribution in [-0.2, 0) is 6.42 Å². The number of hydrogen-bond acceptors (Lipinski definition) is 3. The van der Waals surface area contributed by atoms with Crippen molar-refractivity contribution in [1.82, 2.24) is 4.98 Å². The maximum absolute atomic E-state index is 12.4. The van der Waals surface area contributed by atoms with Crippen LogP contribution < -0.4 is 5.73 Å². The molecule has 0 atom stereocenters. The van der Waals surface area contributed by atoms with Crippen molar-refractivity contribution in [1.29, 1.82) is 5.26 Å². The summed E-state index contributed by atoms with van der Waals surface area (Å²) in [5.74, 6) is 0. The maximum atomic E-state index is 12.4. The molecule has 3 nitrogen and oxygen atoms in total. The third-order valence-electron chi connectivity index (χ3n) is 1.87. The van der Waals surface area contributed by atoms with Crippen molar-refractivity contribution in [2.24, 2.45) is 0 Å². The number of anilines is 1. The molecule has 74 valence electrons. The Kier molecular flexibility index (Phi) is 2.97. The zero-order valence-electron chi connectivity index (χ0n) is 7.59. The van der Waals surface area contributed by atoms with E-state index in [9.17, 15) is 8.78 Å². The molecular formula is C9H9F2N3. The first-order valence-corrected chi connectivity index (χ1v) is 3.97. The first kappa shape index (κ1) is 10.4. The summed E-state index contributed by atoms with van der Waals surface area (Å²) in [6.07, 6.45) is -2.67. The van der Waals surface area contributed by atoms with Crippen LogP contribution in [0.15, 0.2) is 6.07 Å². The van der Waals surface area contributed by atoms with E-state index in [-0.39, 0.29) is 29.1 Å². The summed E-state index contributed by atoms with van der Waals surface area (Å²) in [4.78, 5) is 3.67. The number of halogens is 2. The number of nitrogens with zero attached hydrogens (tertiary/aromatic N) is 2. The minimum Gasteiger partial charge on any atom is -0.398 e. The maximum Gasteiger partial charge on any atom is 0.280 e. The minimum absolute atomic E-state index is 0.00972. The molecule has 0 saturated carbocycles. The van der Waals surface area contributed by atoms with Crippen LogP contribution in [0.1, 0.15) is 23.4 Å². The Hall–Kier alpha value is -1.70. The third-order valence-corrected chi connectivity index (χ3v) is 1.87. The average molecular weight is 197 g/mol. The van der Waals surface area contributed by atoms with Crippen molar-refractivity contribution >= 4 is 5.69 Å². The second kappa shape index (κ2) is 4.01. The number of hydrogen-bond donors (Lipinski definition) is 1. The van der Waals surface area contributed by atoms with E-state index in [0.29, 0.717) is 0 Å². The third kappa shape index (κ3) is 1.96. The van der Waals surface area contributed by atoms with Crippen LogP contribution in [0.25, 0.3) is 0 Å². The van der Waals surface area contributed by atoms with Crippen molar-refractivity contribution in [3.05, 3.63) is 23.0 Å². The fourth-order valence-electron chi connectivity index (χ4n) is 1.09. The van der Waals surface area contributed by atoms with E-state index in [2.05, 4.69) is 4.98 Å². The van der Waals surface area contributed by atoms with Crippen LogP contribution in [0.3, 0.4) is 0 Å². The van der Waals surface area contributed by atoms with Crippen LogP contribution >= 0.6 is 0 Å². The lowest BCUT2D eigenvalue weighted by atomic mass is 10.1. The fraction of sp³-hybridized carbons (Fsp3) is 0.333. The normalized spacial score (nSPS) is 10.2. The van der Waals surface area contributed by atoms with Gasteiger partial charge in [0.25, 0.3) is 6.43 Å². The van der Waals surface area contributed by atoms with Gasteiger partial charge in [0.05, 0.1) is 18.2 Å². The molecule has 0 aliphatic rings. The minimum atomic E-state index is -2.66. The van der Waals surface area contributed by atoms with Crippen molar-refractivity contribution < 1.29 is 8.78 Å². The highest BCUT2D eigenvalue weighted by Gasteiger charge is 2.15. The van der Waals surface area contributed by atoms with Crippen LogP contribution in [-0.4, -0.2) is 4.98 Å². The Morgan fingerprint density at radius 2 is 2.29 bits per heavy atom. The monoisotopic (exact) mass is 197 g/mol. The van der Waals surface area contributed by atoms with Gasteiger partial charge in [-0.2, -0.15) is 5.26 Å². The molecule has 1 heterocycles. The van der Waals surface area contributed by atoms with Crippen molar-refractivity contribution in [3.8, 4) is 6.07 Å². The van der Waals surface area contributed by atoms with Crippen LogP contribution in [0.2, 0.25) is 0 Å². The number of nitrogens with two attached hydrogens (primary N) is 1. The molecule has 0 radical (unpaired) electrons. The van der Waals surface area contributed by atoms with Gasteiger partial charge in [-0.15, -0.1) is 0 Å². The van der Waals surface area contributed by atoms with Gasteiger partial charge < -0.3 is 5.73 Å². The number of aromatic nitrogens is 1. The lowest BCUT2D eigenvalue weighted by Crippen LogP contribution is -2.03. The highest BCUT2D eigenvalue weighted by atomic mass is 19.3. The van der Waals surface area contributed by atoms with E-state index in [1.165, 1.54) is 13.0 Å². The van der Waals surface area contributed by atoms with Crippen molar-refractivity contribution in [3.63, 3.8) is 0 Å². The number of alkyl halides is 2. The van der Waals surface area contributed by atoms with Crippen LogP contribution in [0, 0.1) is 18.3 Å². The molecule has 0 unspecified atom stereocenters. The topological polar surface area (TPSA) is 62.7 Å². The summed E-state index contributed by atoms with van der Waals surface area (Å²) in [5, 5.41) is 8.39. The molecule has 5 heteroatoms. The molecule has 1 rings (SSSR count). The Morgan fingerprint density at radius 3 is 2.79 bits per heavy atom. The van der Waals surface area contributed by atoms with E-state index in [1.54, 1.807) is 0 Å². The quantitative estimate of drug-likeness (QED) is 0.788. The Labute approximate surface area is 80.2 Å². The average Bonchev–Trinajstić information content (AvgIpc) is 2.11. The lowest BCUT2D eigenvalue weighted by Gasteiger charge is -2.08. The number of nitriles is 1. The molecular weight excluding hydrogens is 188 g/mol. The van der Waals surface area contributed by atoms with Crippen LogP contribution in [0.4, 0.5) is 14.5 Å². The summed E-state index contributed by atoms with van der Waals surface area (Å²) >= 11 is 0. The highest BCUT2D eigenvalue weighted by Crippen LogP contribution is 2.25. The lowest BCUT2D eigenvalue weighted by molar-refractivity contribution is 0.145. The van der Waals surface area contributed by atoms with E-state index in [4.69, 9.17) is 11.0 Å². The predicted molar refractivity (Wildman–Crippen MR) is 47.7 cm³/mol. The van der Waals surface area contributed by atoms with Crippen molar-refractivity contribution in [2.45, 2.75) is 19.8 Å². The van der Waals surface area contributed by atoms with E-state index in [0.717, 1.165) is 0 Å². The van der Waals surface area contributed by atoms with Gasteiger partial charge in [0.2, 0.25) is 0 Å². The smallest absolute Gasteiger partial charge is 0.280 e. The molecule has 2 N–H and O–H groups in total. The zero-order valence-corrected chi connectivity index (χ0v) is 7.59. The van der Waals surface area contributed by atoms with Gasteiger partial charge in [-0.25, -0.2) is 8.78 Å². The summed E-state index contributed by atoms with van der Waals surface area (Å²) in [5.41, 5.74) is 5.98. The standard InChI is InChI=1S/C9H9F2N3/c1-5-7(13)4-6(2-3-12)14-8(5)9(10)11/h4,9H,2H2,1H3,(H2,13,14). The molecule has 1 aromatic heterocycles. The Morgan fingerprint density at radius 1 is 1.64 bits per heavy atom. The summed E-state index contributed by atoms with van der Waals surface area (Å²) in [6.45, 7) is 1.49. The van der Waals surface area contributed by atoms with Gasteiger partial charge in [-0.3, -0.25) is 4.98 Å². The highest BCUT2D eigenvalue weighted by molar-refractivity contribution is 5.49. The van der Waals surface area contributed by atoms with Gasteiger partial charge in [0.1, 0.15) is 5.69 Å². The molecule has 0 aliphatic heterocycles. The second-order valence-corrected chi connectivity index (χ2v) is 2.85. The molecule has 1 aromatic rings. The van der Waals surface area contributed by atoms with Gasteiger partial charge in [0, 0.05) is 5.69 Å². The van der Waals surface area contributed by atoms with E-state index >= 15 is 0 Å². The second-order valence-electron chi connectivity index (χ2n) is 2.85. The number of nitrogen functional groups attached to an aromatic ring is 1. The molecule has 0 amide bonds. The summed E-state index contributed by atoms with van der Waals surface area (Å²) in [7, 11) is 0. The first-order valence-electron chi connectivity index (χ1n) is 3.97. The molecule has 0 fully saturated rings.